The predicted octanol–water partition coefficient (Wildman–Crippen LogP) is 4.95. The Morgan fingerprint density at radius 2 is 1.73 bits per heavy atom. The number of carbonyl (C=O) groups is 1. The quantitative estimate of drug-likeness (QED) is 0.748. The summed E-state index contributed by atoms with van der Waals surface area (Å²) in [7, 11) is 1.88. The summed E-state index contributed by atoms with van der Waals surface area (Å²) in [6.45, 7) is 3.61. The topological polar surface area (TPSA) is 70.2 Å². The van der Waals surface area contributed by atoms with Crippen LogP contribution in [0.1, 0.15) is 58.3 Å². The lowest BCUT2D eigenvalue weighted by molar-refractivity contribution is -0.129. The van der Waals surface area contributed by atoms with Gasteiger partial charge in [0, 0.05) is 44.9 Å². The van der Waals surface area contributed by atoms with Gasteiger partial charge in [-0.25, -0.2) is 9.97 Å². The van der Waals surface area contributed by atoms with E-state index in [9.17, 15) is 4.79 Å². The fourth-order valence-corrected chi connectivity index (χ4v) is 4.07. The Morgan fingerprint density at radius 1 is 1.00 bits per heavy atom. The third-order valence-electron chi connectivity index (χ3n) is 5.82. The lowest BCUT2D eigenvalue weighted by Crippen LogP contribution is -2.33. The molecule has 2 fully saturated rings. The molecule has 0 spiro atoms. The largest absolute Gasteiger partial charge is 0.373 e. The second kappa shape index (κ2) is 11.5. The number of likely N-dealkylation sites (tertiary alicyclic amines) is 1. The van der Waals surface area contributed by atoms with Crippen LogP contribution in [-0.2, 0) is 4.79 Å². The van der Waals surface area contributed by atoms with Crippen molar-refractivity contribution in [3.8, 4) is 11.3 Å². The lowest BCUT2D eigenvalue weighted by atomic mass is 9.95. The molecule has 0 bridgehead atoms. The number of pyridine rings is 2. The fourth-order valence-electron chi connectivity index (χ4n) is 4.07. The van der Waals surface area contributed by atoms with E-state index in [1.54, 1.807) is 6.92 Å². The smallest absolute Gasteiger partial charge is 0.219 e. The molecule has 3 heterocycles. The molecule has 1 saturated heterocycles. The van der Waals surface area contributed by atoms with Gasteiger partial charge >= 0.3 is 0 Å². The zero-order chi connectivity index (χ0) is 21.2. The molecule has 0 radical (unpaired) electrons. The third kappa shape index (κ3) is 6.71. The minimum Gasteiger partial charge on any atom is -0.373 e. The van der Waals surface area contributed by atoms with E-state index in [2.05, 4.69) is 26.7 Å². The van der Waals surface area contributed by atoms with Gasteiger partial charge in [0.25, 0.3) is 0 Å². The molecule has 1 amide bonds. The van der Waals surface area contributed by atoms with Crippen molar-refractivity contribution in [2.75, 3.05) is 30.8 Å². The normalized spacial score (nSPS) is 16.9. The SMILES string of the molecule is CC(=O)N1CCCCC1.CNc1cccc(-c2ccnc(NC3CCCCC3)c2)n1. The van der Waals surface area contributed by atoms with Crippen LogP contribution in [0.25, 0.3) is 11.3 Å². The number of rotatable bonds is 4. The van der Waals surface area contributed by atoms with Crippen LogP contribution < -0.4 is 10.6 Å². The van der Waals surface area contributed by atoms with E-state index < -0.39 is 0 Å². The van der Waals surface area contributed by atoms with Crippen molar-refractivity contribution >= 4 is 17.5 Å². The monoisotopic (exact) mass is 409 g/mol. The first-order chi connectivity index (χ1) is 14.7. The summed E-state index contributed by atoms with van der Waals surface area (Å²) in [5, 5.41) is 6.64. The maximum atomic E-state index is 10.7. The Balaban J connectivity index is 0.000000239. The Hall–Kier alpha value is -2.63. The summed E-state index contributed by atoms with van der Waals surface area (Å²) < 4.78 is 0. The number of amides is 1. The molecule has 2 aromatic heterocycles. The standard InChI is InChI=1S/C17H22N4.C7H13NO/c1-18-16-9-5-8-15(21-16)13-10-11-19-17(12-13)20-14-6-3-2-4-7-14;1-7(9)8-5-3-2-4-6-8/h5,8-12,14H,2-4,6-7H2,1H3,(H,18,21)(H,19,20);2-6H2,1H3. The van der Waals surface area contributed by atoms with Crippen molar-refractivity contribution in [2.45, 2.75) is 64.3 Å². The number of nitrogens with zero attached hydrogens (tertiary/aromatic N) is 3. The van der Waals surface area contributed by atoms with Crippen LogP contribution in [0.5, 0.6) is 0 Å². The van der Waals surface area contributed by atoms with Crippen LogP contribution >= 0.6 is 0 Å². The average molecular weight is 410 g/mol. The molecule has 0 unspecified atom stereocenters. The van der Waals surface area contributed by atoms with Gasteiger partial charge in [0.05, 0.1) is 5.69 Å². The van der Waals surface area contributed by atoms with Gasteiger partial charge in [0.1, 0.15) is 11.6 Å². The molecule has 0 aromatic carbocycles. The second-order valence-corrected chi connectivity index (χ2v) is 8.13. The van der Waals surface area contributed by atoms with E-state index in [0.29, 0.717) is 6.04 Å². The minimum atomic E-state index is 0.231. The van der Waals surface area contributed by atoms with Gasteiger partial charge in [-0.05, 0) is 56.4 Å². The van der Waals surface area contributed by atoms with Gasteiger partial charge < -0.3 is 15.5 Å². The Kier molecular flexibility index (Phi) is 8.48. The van der Waals surface area contributed by atoms with Crippen LogP contribution in [0.4, 0.5) is 11.6 Å². The molecule has 6 nitrogen and oxygen atoms in total. The van der Waals surface area contributed by atoms with E-state index in [1.807, 2.05) is 42.4 Å². The molecule has 0 atom stereocenters. The number of anilines is 2. The summed E-state index contributed by atoms with van der Waals surface area (Å²) in [6, 6.07) is 10.7. The summed E-state index contributed by atoms with van der Waals surface area (Å²) >= 11 is 0. The highest BCUT2D eigenvalue weighted by atomic mass is 16.2. The van der Waals surface area contributed by atoms with Gasteiger partial charge in [-0.2, -0.15) is 0 Å². The van der Waals surface area contributed by atoms with Crippen molar-refractivity contribution in [2.24, 2.45) is 0 Å². The van der Waals surface area contributed by atoms with Crippen molar-refractivity contribution in [1.82, 2.24) is 14.9 Å². The van der Waals surface area contributed by atoms with Crippen LogP contribution in [0.2, 0.25) is 0 Å². The van der Waals surface area contributed by atoms with Crippen molar-refractivity contribution in [3.63, 3.8) is 0 Å². The molecular formula is C24H35N5O. The van der Waals surface area contributed by atoms with E-state index in [1.165, 1.54) is 51.4 Å². The van der Waals surface area contributed by atoms with Crippen LogP contribution in [-0.4, -0.2) is 47.0 Å². The number of piperidine rings is 1. The first-order valence-electron chi connectivity index (χ1n) is 11.3. The summed E-state index contributed by atoms with van der Waals surface area (Å²) in [5.74, 6) is 2.07. The van der Waals surface area contributed by atoms with Gasteiger partial charge in [-0.3, -0.25) is 4.79 Å². The molecule has 2 aliphatic rings. The molecule has 4 rings (SSSR count). The number of carbonyl (C=O) groups excluding carboxylic acids is 1. The number of nitrogens with one attached hydrogen (secondary N) is 2. The first kappa shape index (κ1) is 22.1. The summed E-state index contributed by atoms with van der Waals surface area (Å²) in [5.41, 5.74) is 2.07. The molecule has 2 N–H and O–H groups in total. The van der Waals surface area contributed by atoms with Crippen molar-refractivity contribution < 1.29 is 4.79 Å². The van der Waals surface area contributed by atoms with E-state index >= 15 is 0 Å². The Labute approximate surface area is 180 Å². The van der Waals surface area contributed by atoms with E-state index in [0.717, 1.165) is 36.0 Å². The Bertz CT molecular complexity index is 798. The highest BCUT2D eigenvalue weighted by Gasteiger charge is 2.14. The third-order valence-corrected chi connectivity index (χ3v) is 5.82. The molecule has 2 aromatic rings. The maximum Gasteiger partial charge on any atom is 0.219 e. The predicted molar refractivity (Wildman–Crippen MR) is 124 cm³/mol. The first-order valence-corrected chi connectivity index (χ1v) is 11.3. The highest BCUT2D eigenvalue weighted by Crippen LogP contribution is 2.24. The number of aromatic nitrogens is 2. The lowest BCUT2D eigenvalue weighted by Gasteiger charge is -2.24. The summed E-state index contributed by atoms with van der Waals surface area (Å²) in [6.07, 6.45) is 12.1. The zero-order valence-electron chi connectivity index (χ0n) is 18.4. The molecule has 1 aliphatic carbocycles. The number of hydrogen-bond donors (Lipinski definition) is 2. The van der Waals surface area contributed by atoms with Crippen LogP contribution in [0.15, 0.2) is 36.5 Å². The zero-order valence-corrected chi connectivity index (χ0v) is 18.4. The molecule has 1 saturated carbocycles. The van der Waals surface area contributed by atoms with Gasteiger partial charge in [-0.15, -0.1) is 0 Å². The van der Waals surface area contributed by atoms with Crippen LogP contribution in [0, 0.1) is 0 Å². The molecular weight excluding hydrogens is 374 g/mol. The second-order valence-electron chi connectivity index (χ2n) is 8.13. The van der Waals surface area contributed by atoms with Gasteiger partial charge in [-0.1, -0.05) is 25.3 Å². The highest BCUT2D eigenvalue weighted by molar-refractivity contribution is 5.73. The average Bonchev–Trinajstić information content (AvgIpc) is 2.81. The van der Waals surface area contributed by atoms with Crippen LogP contribution in [0.3, 0.4) is 0 Å². The summed E-state index contributed by atoms with van der Waals surface area (Å²) in [4.78, 5) is 21.7. The van der Waals surface area contributed by atoms with E-state index in [4.69, 9.17) is 0 Å². The molecule has 1 aliphatic heterocycles. The maximum absolute atomic E-state index is 10.7. The molecule has 6 heteroatoms. The fraction of sp³-hybridized carbons (Fsp3) is 0.542. The number of hydrogen-bond acceptors (Lipinski definition) is 5. The van der Waals surface area contributed by atoms with Gasteiger partial charge in [0.15, 0.2) is 0 Å². The Morgan fingerprint density at radius 3 is 2.40 bits per heavy atom. The molecule has 162 valence electrons. The van der Waals surface area contributed by atoms with Crippen molar-refractivity contribution in [1.29, 1.82) is 0 Å². The minimum absolute atomic E-state index is 0.231. The molecule has 30 heavy (non-hydrogen) atoms. The van der Waals surface area contributed by atoms with Crippen molar-refractivity contribution in [3.05, 3.63) is 36.5 Å². The van der Waals surface area contributed by atoms with Gasteiger partial charge in [0.2, 0.25) is 5.91 Å². The van der Waals surface area contributed by atoms with E-state index in [-0.39, 0.29) is 5.91 Å².